The number of esters is 3. The molecule has 1 fully saturated rings. The minimum atomic E-state index is -0.497. The first kappa shape index (κ1) is 21.9. The summed E-state index contributed by atoms with van der Waals surface area (Å²) in [6.07, 6.45) is 5.14. The lowest BCUT2D eigenvalue weighted by atomic mass is 9.86. The van der Waals surface area contributed by atoms with E-state index in [1.54, 1.807) is 0 Å². The molecule has 0 amide bonds. The van der Waals surface area contributed by atoms with E-state index in [0.29, 0.717) is 31.3 Å². The Morgan fingerprint density at radius 2 is 2.07 bits per heavy atom. The van der Waals surface area contributed by atoms with Gasteiger partial charge in [-0.25, -0.2) is 4.79 Å². The van der Waals surface area contributed by atoms with E-state index in [9.17, 15) is 14.4 Å². The third-order valence-electron chi connectivity index (χ3n) is 4.96. The molecule has 0 spiro atoms. The molecule has 3 atom stereocenters. The van der Waals surface area contributed by atoms with E-state index < -0.39 is 18.2 Å². The fraction of sp³-hybridized carbons (Fsp3) is 0.591. The molecule has 0 N–H and O–H groups in total. The van der Waals surface area contributed by atoms with Crippen molar-refractivity contribution in [2.45, 2.75) is 65.6 Å². The van der Waals surface area contributed by atoms with Gasteiger partial charge in [0, 0.05) is 24.8 Å². The molecular formula is C22H30O6. The van der Waals surface area contributed by atoms with Crippen molar-refractivity contribution in [3.63, 3.8) is 0 Å². The van der Waals surface area contributed by atoms with Crippen LogP contribution in [0.2, 0.25) is 0 Å². The molecule has 1 aliphatic carbocycles. The Morgan fingerprint density at radius 1 is 1.36 bits per heavy atom. The van der Waals surface area contributed by atoms with E-state index in [4.69, 9.17) is 14.2 Å². The Bertz CT molecular complexity index is 700. The largest absolute Gasteiger partial charge is 0.461 e. The Labute approximate surface area is 166 Å². The Balaban J connectivity index is 2.21. The van der Waals surface area contributed by atoms with Crippen LogP contribution in [0.25, 0.3) is 0 Å². The maximum atomic E-state index is 12.1. The van der Waals surface area contributed by atoms with Gasteiger partial charge in [0.1, 0.15) is 18.8 Å². The summed E-state index contributed by atoms with van der Waals surface area (Å²) in [7, 11) is 0. The highest BCUT2D eigenvalue weighted by Gasteiger charge is 2.40. The van der Waals surface area contributed by atoms with Crippen molar-refractivity contribution in [3.8, 4) is 0 Å². The van der Waals surface area contributed by atoms with Gasteiger partial charge in [-0.05, 0) is 49.3 Å². The van der Waals surface area contributed by atoms with Gasteiger partial charge in [-0.2, -0.15) is 0 Å². The predicted molar refractivity (Wildman–Crippen MR) is 104 cm³/mol. The van der Waals surface area contributed by atoms with Gasteiger partial charge in [0.2, 0.25) is 0 Å². The summed E-state index contributed by atoms with van der Waals surface area (Å²) in [6, 6.07) is 0. The number of carbonyl (C=O) groups excluding carboxylic acids is 3. The van der Waals surface area contributed by atoms with Crippen molar-refractivity contribution in [1.29, 1.82) is 0 Å². The molecule has 1 heterocycles. The zero-order valence-electron chi connectivity index (χ0n) is 17.2. The van der Waals surface area contributed by atoms with Crippen LogP contribution in [0.4, 0.5) is 0 Å². The average Bonchev–Trinajstić information content (AvgIpc) is 2.85. The standard InChI is InChI=1S/C22H30O6/c1-13(2)9-21(24)26-12-17-8-6-7-14(3)19(27-16(5)23)11-18-15(4)22(25)28-20(18)10-17/h7,10,13,18-20H,4,6,8-9,11-12H2,1-3,5H3. The van der Waals surface area contributed by atoms with Crippen molar-refractivity contribution in [1.82, 2.24) is 0 Å². The SMILES string of the molecule is C=C1C(=O)OC2C=C(COC(=O)CC(C)C)CCC=C(C)C(OC(C)=O)CC12. The average molecular weight is 390 g/mol. The second-order valence-corrected chi connectivity index (χ2v) is 7.91. The molecule has 2 aliphatic rings. The van der Waals surface area contributed by atoms with E-state index in [2.05, 4.69) is 6.58 Å². The van der Waals surface area contributed by atoms with Crippen molar-refractivity contribution < 1.29 is 28.6 Å². The fourth-order valence-electron chi connectivity index (χ4n) is 3.43. The van der Waals surface area contributed by atoms with Crippen LogP contribution in [0.3, 0.4) is 0 Å². The number of rotatable bonds is 5. The topological polar surface area (TPSA) is 78.9 Å². The summed E-state index contributed by atoms with van der Waals surface area (Å²) in [5.41, 5.74) is 2.21. The highest BCUT2D eigenvalue weighted by Crippen LogP contribution is 2.35. The molecular weight excluding hydrogens is 360 g/mol. The number of hydrogen-bond acceptors (Lipinski definition) is 6. The van der Waals surface area contributed by atoms with Gasteiger partial charge in [-0.1, -0.05) is 26.5 Å². The quantitative estimate of drug-likeness (QED) is 0.308. The molecule has 0 aromatic rings. The molecule has 1 aliphatic heterocycles. The first-order chi connectivity index (χ1) is 13.2. The number of carbonyl (C=O) groups is 3. The zero-order valence-corrected chi connectivity index (χ0v) is 17.2. The molecule has 3 unspecified atom stereocenters. The third kappa shape index (κ3) is 6.08. The summed E-state index contributed by atoms with van der Waals surface area (Å²) < 4.78 is 16.4. The van der Waals surface area contributed by atoms with Gasteiger partial charge in [0.05, 0.1) is 0 Å². The molecule has 6 heteroatoms. The molecule has 0 bridgehead atoms. The minimum absolute atomic E-state index is 0.180. The molecule has 154 valence electrons. The molecule has 6 nitrogen and oxygen atoms in total. The molecule has 0 saturated carbocycles. The number of fused-ring (bicyclic) bond motifs is 1. The molecule has 1 saturated heterocycles. The van der Waals surface area contributed by atoms with Gasteiger partial charge in [-0.15, -0.1) is 0 Å². The second kappa shape index (κ2) is 9.71. The van der Waals surface area contributed by atoms with Crippen LogP contribution in [0, 0.1) is 11.8 Å². The highest BCUT2D eigenvalue weighted by atomic mass is 16.6. The fourth-order valence-corrected chi connectivity index (χ4v) is 3.43. The van der Waals surface area contributed by atoms with Gasteiger partial charge in [0.15, 0.2) is 0 Å². The zero-order chi connectivity index (χ0) is 20.8. The maximum Gasteiger partial charge on any atom is 0.334 e. The van der Waals surface area contributed by atoms with E-state index in [-0.39, 0.29) is 30.4 Å². The smallest absolute Gasteiger partial charge is 0.334 e. The normalized spacial score (nSPS) is 25.4. The van der Waals surface area contributed by atoms with Crippen molar-refractivity contribution in [2.24, 2.45) is 11.8 Å². The van der Waals surface area contributed by atoms with Crippen LogP contribution in [-0.2, 0) is 28.6 Å². The number of ether oxygens (including phenoxy) is 3. The lowest BCUT2D eigenvalue weighted by Gasteiger charge is -2.25. The first-order valence-electron chi connectivity index (χ1n) is 9.76. The van der Waals surface area contributed by atoms with E-state index in [1.807, 2.05) is 32.9 Å². The molecule has 0 aromatic carbocycles. The van der Waals surface area contributed by atoms with Gasteiger partial charge >= 0.3 is 17.9 Å². The van der Waals surface area contributed by atoms with Crippen molar-refractivity contribution in [2.75, 3.05) is 6.61 Å². The first-order valence-corrected chi connectivity index (χ1v) is 9.76. The van der Waals surface area contributed by atoms with Crippen LogP contribution in [0.1, 0.15) is 53.4 Å². The minimum Gasteiger partial charge on any atom is -0.461 e. The van der Waals surface area contributed by atoms with E-state index >= 15 is 0 Å². The molecule has 0 aromatic heterocycles. The monoisotopic (exact) mass is 390 g/mol. The molecule has 28 heavy (non-hydrogen) atoms. The van der Waals surface area contributed by atoms with Gasteiger partial charge < -0.3 is 14.2 Å². The lowest BCUT2D eigenvalue weighted by molar-refractivity contribution is -0.145. The summed E-state index contributed by atoms with van der Waals surface area (Å²) in [4.78, 5) is 35.5. The summed E-state index contributed by atoms with van der Waals surface area (Å²) in [5, 5.41) is 0. The van der Waals surface area contributed by atoms with Crippen molar-refractivity contribution in [3.05, 3.63) is 35.5 Å². The molecule has 2 rings (SSSR count). The number of allylic oxidation sites excluding steroid dienone is 1. The van der Waals surface area contributed by atoms with E-state index in [0.717, 1.165) is 11.1 Å². The molecule has 0 radical (unpaired) electrons. The summed E-state index contributed by atoms with van der Waals surface area (Å²) in [5.74, 6) is -1.10. The van der Waals surface area contributed by atoms with Crippen LogP contribution in [0.5, 0.6) is 0 Å². The summed E-state index contributed by atoms with van der Waals surface area (Å²) >= 11 is 0. The van der Waals surface area contributed by atoms with Gasteiger partial charge in [0.25, 0.3) is 0 Å². The highest BCUT2D eigenvalue weighted by molar-refractivity contribution is 5.91. The Morgan fingerprint density at radius 3 is 2.71 bits per heavy atom. The van der Waals surface area contributed by atoms with Crippen LogP contribution < -0.4 is 0 Å². The van der Waals surface area contributed by atoms with Crippen LogP contribution in [0.15, 0.2) is 35.5 Å². The van der Waals surface area contributed by atoms with Crippen molar-refractivity contribution >= 4 is 17.9 Å². The van der Waals surface area contributed by atoms with Crippen LogP contribution >= 0.6 is 0 Å². The number of hydrogen-bond donors (Lipinski definition) is 0. The Kier molecular flexibility index (Phi) is 7.61. The summed E-state index contributed by atoms with van der Waals surface area (Å²) in [6.45, 7) is 11.3. The van der Waals surface area contributed by atoms with E-state index in [1.165, 1.54) is 6.92 Å². The van der Waals surface area contributed by atoms with Crippen LogP contribution in [-0.4, -0.2) is 36.7 Å². The van der Waals surface area contributed by atoms with Gasteiger partial charge in [-0.3, -0.25) is 9.59 Å². The lowest BCUT2D eigenvalue weighted by Crippen LogP contribution is -2.26. The third-order valence-corrected chi connectivity index (χ3v) is 4.96. The Hall–Kier alpha value is -2.37. The maximum absolute atomic E-state index is 12.1. The predicted octanol–water partition coefficient (Wildman–Crippen LogP) is 3.66. The second-order valence-electron chi connectivity index (χ2n) is 7.91.